The third-order valence-electron chi connectivity index (χ3n) is 4.05. The van der Waals surface area contributed by atoms with E-state index in [0.29, 0.717) is 18.5 Å². The molecule has 0 N–H and O–H groups in total. The van der Waals surface area contributed by atoms with Crippen molar-refractivity contribution >= 4 is 48.2 Å². The Hall–Kier alpha value is -1.38. The summed E-state index contributed by atoms with van der Waals surface area (Å²) in [6.07, 6.45) is 0.530. The Balaban J connectivity index is 2.10. The van der Waals surface area contributed by atoms with Crippen LogP contribution in [0.5, 0.6) is 0 Å². The zero-order chi connectivity index (χ0) is 16.9. The van der Waals surface area contributed by atoms with E-state index >= 15 is 0 Å². The molecule has 0 nitrogen and oxygen atoms in total. The number of rotatable bonds is 1. The van der Waals surface area contributed by atoms with Gasteiger partial charge < -0.3 is 0 Å². The van der Waals surface area contributed by atoms with Gasteiger partial charge in [-0.05, 0) is 39.5 Å². The molecule has 0 saturated carbocycles. The molecule has 0 fully saturated rings. The Kier molecular flexibility index (Phi) is 2.95. The van der Waals surface area contributed by atoms with Crippen molar-refractivity contribution in [1.29, 1.82) is 0 Å². The number of hydrogen-bond donors (Lipinski definition) is 0. The van der Waals surface area contributed by atoms with Gasteiger partial charge in [-0.2, -0.15) is 0 Å². The zero-order valence-corrected chi connectivity index (χ0v) is 14.9. The second-order valence-electron chi connectivity index (χ2n) is 5.42. The lowest BCUT2D eigenvalue weighted by molar-refractivity contribution is 0.914. The van der Waals surface area contributed by atoms with Gasteiger partial charge in [0.2, 0.25) is 0 Å². The fourth-order valence-corrected chi connectivity index (χ4v) is 3.97. The van der Waals surface area contributed by atoms with Crippen molar-refractivity contribution < 1.29 is 2.74 Å². The van der Waals surface area contributed by atoms with Crippen molar-refractivity contribution in [2.24, 2.45) is 0 Å². The van der Waals surface area contributed by atoms with Crippen LogP contribution in [0.3, 0.4) is 0 Å². The number of fused-ring (bicyclic) bond motifs is 2. The minimum absolute atomic E-state index is 0.427. The highest BCUT2D eigenvalue weighted by Crippen LogP contribution is 2.50. The maximum absolute atomic E-state index is 8.66. The smallest absolute Gasteiger partial charge is 0.0734 e. The molecule has 0 spiro atoms. The molecule has 0 aromatic heterocycles. The predicted molar refractivity (Wildman–Crippen MR) is 102 cm³/mol. The van der Waals surface area contributed by atoms with Crippen LogP contribution in [0.15, 0.2) is 72.8 Å². The average molecular weight is 416 g/mol. The van der Waals surface area contributed by atoms with Gasteiger partial charge in [0, 0.05) is 0 Å². The molecule has 1 aliphatic carbocycles. The standard InChI is InChI=1S/C20H14Br2/c21-20(22)13-12-17(18-9-3-4-11-19(18)20)16-10-5-7-14-6-1-2-8-15(14)16/h1-12H,13H2/i10D,12D. The van der Waals surface area contributed by atoms with Crippen LogP contribution >= 0.6 is 31.9 Å². The second kappa shape index (κ2) is 5.36. The van der Waals surface area contributed by atoms with Crippen LogP contribution in [-0.2, 0) is 3.23 Å². The summed E-state index contributed by atoms with van der Waals surface area (Å²) in [5.41, 5.74) is 3.82. The SMILES string of the molecule is [2H]C1=C(c2c([2H])ccc3ccccc23)c2ccccc2C(Br)(Br)C1. The lowest BCUT2D eigenvalue weighted by atomic mass is 9.85. The Labute approximate surface area is 149 Å². The van der Waals surface area contributed by atoms with Crippen LogP contribution in [0, 0.1) is 0 Å². The second-order valence-corrected chi connectivity index (χ2v) is 9.19. The highest BCUT2D eigenvalue weighted by atomic mass is 79.9. The number of allylic oxidation sites excluding steroid dienone is 1. The Bertz CT molecular complexity index is 990. The van der Waals surface area contributed by atoms with Gasteiger partial charge in [0.25, 0.3) is 0 Å². The van der Waals surface area contributed by atoms with Gasteiger partial charge in [0.1, 0.15) is 3.23 Å². The third-order valence-corrected chi connectivity index (χ3v) is 5.46. The van der Waals surface area contributed by atoms with E-state index in [9.17, 15) is 0 Å². The molecule has 108 valence electrons. The fraction of sp³-hybridized carbons (Fsp3) is 0.100. The van der Waals surface area contributed by atoms with E-state index in [0.717, 1.165) is 33.0 Å². The first-order valence-electron chi connectivity index (χ1n) is 8.15. The largest absolute Gasteiger partial charge is 0.109 e. The Morgan fingerprint density at radius 2 is 1.59 bits per heavy atom. The summed E-state index contributed by atoms with van der Waals surface area (Å²) in [5.74, 6) is 0. The molecule has 3 aromatic carbocycles. The number of halogens is 2. The zero-order valence-electron chi connectivity index (χ0n) is 13.7. The van der Waals surface area contributed by atoms with E-state index in [1.165, 1.54) is 0 Å². The summed E-state index contributed by atoms with van der Waals surface area (Å²) in [6, 6.07) is 21.0. The minimum Gasteiger partial charge on any atom is -0.0734 e. The van der Waals surface area contributed by atoms with Gasteiger partial charge >= 0.3 is 0 Å². The van der Waals surface area contributed by atoms with Crippen molar-refractivity contribution in [3.8, 4) is 0 Å². The first kappa shape index (κ1) is 12.1. The Morgan fingerprint density at radius 1 is 0.864 bits per heavy atom. The van der Waals surface area contributed by atoms with Crippen LogP contribution in [-0.4, -0.2) is 0 Å². The fourth-order valence-electron chi connectivity index (χ4n) is 3.00. The molecule has 0 radical (unpaired) electrons. The summed E-state index contributed by atoms with van der Waals surface area (Å²) in [5, 5.41) is 2.12. The molecule has 0 atom stereocenters. The van der Waals surface area contributed by atoms with E-state index in [1.54, 1.807) is 0 Å². The van der Waals surface area contributed by atoms with Crippen molar-refractivity contribution in [2.45, 2.75) is 9.65 Å². The Morgan fingerprint density at radius 3 is 2.50 bits per heavy atom. The summed E-state index contributed by atoms with van der Waals surface area (Å²) >= 11 is 7.43. The first-order chi connectivity index (χ1) is 11.5. The number of hydrogen-bond acceptors (Lipinski definition) is 0. The number of alkyl halides is 2. The predicted octanol–water partition coefficient (Wildman–Crippen LogP) is 6.62. The van der Waals surface area contributed by atoms with Gasteiger partial charge in [-0.15, -0.1) is 0 Å². The van der Waals surface area contributed by atoms with E-state index in [2.05, 4.69) is 44.0 Å². The van der Waals surface area contributed by atoms with Crippen LogP contribution in [0.4, 0.5) is 0 Å². The molecular formula is C20H14Br2. The quantitative estimate of drug-likeness (QED) is 0.392. The average Bonchev–Trinajstić information content (AvgIpc) is 2.56. The van der Waals surface area contributed by atoms with Crippen molar-refractivity contribution in [1.82, 2.24) is 0 Å². The van der Waals surface area contributed by atoms with Gasteiger partial charge in [0.15, 0.2) is 0 Å². The molecule has 2 heteroatoms. The summed E-state index contributed by atoms with van der Waals surface area (Å²) in [7, 11) is 0. The molecule has 1 aliphatic rings. The maximum Gasteiger partial charge on any atom is 0.109 e. The molecule has 0 bridgehead atoms. The summed E-state index contributed by atoms with van der Waals surface area (Å²) in [4.78, 5) is 0. The first-order valence-corrected chi connectivity index (χ1v) is 8.74. The third kappa shape index (κ3) is 2.26. The molecule has 22 heavy (non-hydrogen) atoms. The monoisotopic (exact) mass is 414 g/mol. The molecule has 0 heterocycles. The van der Waals surface area contributed by atoms with E-state index in [1.807, 2.05) is 48.5 Å². The highest BCUT2D eigenvalue weighted by molar-refractivity contribution is 9.24. The van der Waals surface area contributed by atoms with Crippen molar-refractivity contribution in [2.75, 3.05) is 0 Å². The van der Waals surface area contributed by atoms with E-state index in [4.69, 9.17) is 2.74 Å². The van der Waals surface area contributed by atoms with Gasteiger partial charge in [-0.1, -0.05) is 105 Å². The summed E-state index contributed by atoms with van der Waals surface area (Å²) in [6.45, 7) is 0. The molecule has 4 rings (SSSR count). The molecule has 0 unspecified atom stereocenters. The topological polar surface area (TPSA) is 0 Å². The summed E-state index contributed by atoms with van der Waals surface area (Å²) < 4.78 is 16.7. The highest BCUT2D eigenvalue weighted by Gasteiger charge is 2.31. The normalized spacial score (nSPS) is 17.9. The molecule has 0 amide bonds. The van der Waals surface area contributed by atoms with E-state index < -0.39 is 3.23 Å². The lowest BCUT2D eigenvalue weighted by Gasteiger charge is -2.29. The van der Waals surface area contributed by atoms with Gasteiger partial charge in [-0.25, -0.2) is 0 Å². The molecular weight excluding hydrogens is 400 g/mol. The number of benzene rings is 3. The van der Waals surface area contributed by atoms with Crippen LogP contribution in [0.2, 0.25) is 0 Å². The van der Waals surface area contributed by atoms with Gasteiger partial charge in [-0.3, -0.25) is 0 Å². The van der Waals surface area contributed by atoms with Crippen LogP contribution < -0.4 is 0 Å². The van der Waals surface area contributed by atoms with Gasteiger partial charge in [0.05, 0.1) is 2.74 Å². The van der Waals surface area contributed by atoms with Crippen molar-refractivity contribution in [3.05, 3.63) is 89.4 Å². The molecule has 0 saturated heterocycles. The maximum atomic E-state index is 8.66. The van der Waals surface area contributed by atoms with Crippen LogP contribution in [0.25, 0.3) is 16.3 Å². The molecule has 0 aliphatic heterocycles. The van der Waals surface area contributed by atoms with Crippen molar-refractivity contribution in [3.63, 3.8) is 0 Å². The van der Waals surface area contributed by atoms with Crippen LogP contribution in [0.1, 0.15) is 25.9 Å². The molecule has 3 aromatic rings. The minimum atomic E-state index is -0.427. The van der Waals surface area contributed by atoms with E-state index in [-0.39, 0.29) is 0 Å². The lowest BCUT2D eigenvalue weighted by Crippen LogP contribution is -2.15.